The molecule has 4 heterocycles. The minimum atomic E-state index is -2.00. The van der Waals surface area contributed by atoms with Crippen LogP contribution in [0.5, 0.6) is 0 Å². The molecule has 0 amide bonds. The van der Waals surface area contributed by atoms with Crippen molar-refractivity contribution in [2.45, 2.75) is 276 Å². The lowest BCUT2D eigenvalue weighted by Crippen LogP contribution is -2.73. The maximum absolute atomic E-state index is 13.6. The van der Waals surface area contributed by atoms with Gasteiger partial charge < -0.3 is 113 Å². The van der Waals surface area contributed by atoms with Crippen molar-refractivity contribution in [2.75, 3.05) is 26.9 Å². The van der Waals surface area contributed by atoms with E-state index >= 15 is 0 Å². The fourth-order valence-corrected chi connectivity index (χ4v) is 18.1. The van der Waals surface area contributed by atoms with Crippen molar-refractivity contribution in [2.24, 2.45) is 50.2 Å². The molecule has 5 aliphatic carbocycles. The molecule has 0 aromatic rings. The molecule has 4 saturated carbocycles. The number of allylic oxidation sites excluding steroid dienone is 4. The molecule has 27 nitrogen and oxygen atoms in total. The highest BCUT2D eigenvalue weighted by Gasteiger charge is 2.74. The number of ether oxygens (including phenoxy) is 12. The van der Waals surface area contributed by atoms with E-state index in [-0.39, 0.29) is 29.4 Å². The van der Waals surface area contributed by atoms with Crippen LogP contribution in [0.1, 0.15) is 135 Å². The third-order valence-electron chi connectivity index (χ3n) is 23.8. The quantitative estimate of drug-likeness (QED) is 0.0315. The SMILES string of the molecule is C/C=C(/C)C(=O)O[C@@H]1[C@@H](OC(=O)/C(C)=C\C)[C@@H](O)[C@H](O[C@H]2[C@H](OC(C)=O)[C@]3(CO)[C@H](O)C[C@]4(C)C(=CC[C@@H]5[C@@]6(C)CC[C@H](O[C@@H]7O[C@H](C(=O)OC)[C@@H](O)[C@H](O[C@@H]8O[C@@H](CO)[C@@H](O)[C@H]8O)[C@H]7O[C@@H]7O[C@H](CO)[C@H](O)[C@H](O)[C@H]7O)C(C)(C)[C@@H]6CC[C@]54C)[C@@H]3CC2(C)C)O[C@H]1C. The molecule has 27 heteroatoms. The van der Waals surface area contributed by atoms with Gasteiger partial charge in [0.2, 0.25) is 0 Å². The summed E-state index contributed by atoms with van der Waals surface area (Å²) < 4.78 is 73.5. The maximum Gasteiger partial charge on any atom is 0.337 e. The van der Waals surface area contributed by atoms with E-state index in [2.05, 4.69) is 40.7 Å². The zero-order valence-electron chi connectivity index (χ0n) is 55.8. The Morgan fingerprint density at radius 3 is 1.71 bits per heavy atom. The van der Waals surface area contributed by atoms with Crippen LogP contribution in [-0.2, 0) is 76.0 Å². The number of fused-ring (bicyclic) bond motifs is 7. The average molecular weight is 1330 g/mol. The van der Waals surface area contributed by atoms with Crippen molar-refractivity contribution in [1.29, 1.82) is 0 Å². The number of rotatable bonds is 17. The van der Waals surface area contributed by atoms with E-state index in [0.717, 1.165) is 12.7 Å². The zero-order valence-corrected chi connectivity index (χ0v) is 55.8. The Kier molecular flexibility index (Phi) is 21.8. The highest BCUT2D eigenvalue weighted by Crippen LogP contribution is 2.76. The monoisotopic (exact) mass is 1330 g/mol. The fourth-order valence-electron chi connectivity index (χ4n) is 18.1. The van der Waals surface area contributed by atoms with Crippen molar-refractivity contribution in [3.05, 3.63) is 34.9 Å². The third-order valence-corrected chi connectivity index (χ3v) is 23.8. The van der Waals surface area contributed by atoms with Crippen LogP contribution in [0.3, 0.4) is 0 Å². The number of hydrogen-bond donors (Lipinski definition) is 11. The molecule has 0 aromatic heterocycles. The number of carbonyl (C=O) groups is 4. The summed E-state index contributed by atoms with van der Waals surface area (Å²) in [5.41, 5.74) is -3.44. The summed E-state index contributed by atoms with van der Waals surface area (Å²) in [6, 6.07) is 0. The lowest BCUT2D eigenvalue weighted by Gasteiger charge is -2.72. The Hall–Kier alpha value is -3.66. The van der Waals surface area contributed by atoms with Crippen molar-refractivity contribution in [3.8, 4) is 0 Å². The van der Waals surface area contributed by atoms with Gasteiger partial charge in [-0.3, -0.25) is 4.79 Å². The smallest absolute Gasteiger partial charge is 0.337 e. The van der Waals surface area contributed by atoms with Crippen LogP contribution in [0.25, 0.3) is 0 Å². The minimum Gasteiger partial charge on any atom is -0.467 e. The molecule has 0 spiro atoms. The van der Waals surface area contributed by atoms with Gasteiger partial charge in [-0.1, -0.05) is 72.3 Å². The molecule has 0 bridgehead atoms. The molecule has 0 aromatic carbocycles. The topological polar surface area (TPSA) is 402 Å². The minimum absolute atomic E-state index is 0.0279. The van der Waals surface area contributed by atoms with Crippen LogP contribution >= 0.6 is 0 Å². The summed E-state index contributed by atoms with van der Waals surface area (Å²) in [7, 11) is 1.06. The van der Waals surface area contributed by atoms with E-state index in [9.17, 15) is 75.3 Å². The van der Waals surface area contributed by atoms with Gasteiger partial charge >= 0.3 is 23.9 Å². The van der Waals surface area contributed by atoms with Crippen molar-refractivity contribution in [3.63, 3.8) is 0 Å². The number of esters is 4. The summed E-state index contributed by atoms with van der Waals surface area (Å²) in [6.07, 6.45) is -27.8. The van der Waals surface area contributed by atoms with Gasteiger partial charge in [-0.05, 0) is 124 Å². The zero-order chi connectivity index (χ0) is 68.7. The Bertz CT molecular complexity index is 2810. The van der Waals surface area contributed by atoms with E-state index < -0.39 is 223 Å². The number of aliphatic hydroxyl groups excluding tert-OH is 11. The lowest BCUT2D eigenvalue weighted by molar-refractivity contribution is -0.386. The van der Waals surface area contributed by atoms with E-state index in [1.165, 1.54) is 19.9 Å². The van der Waals surface area contributed by atoms with E-state index in [1.807, 2.05) is 13.8 Å². The first-order valence-corrected chi connectivity index (χ1v) is 32.7. The second kappa shape index (κ2) is 27.6. The van der Waals surface area contributed by atoms with Gasteiger partial charge in [0.15, 0.2) is 43.5 Å². The van der Waals surface area contributed by atoms with E-state index in [0.29, 0.717) is 38.5 Å². The second-order valence-electron chi connectivity index (χ2n) is 29.5. The number of aliphatic hydroxyl groups is 11. The van der Waals surface area contributed by atoms with Crippen LogP contribution in [0.15, 0.2) is 34.9 Å². The van der Waals surface area contributed by atoms with Gasteiger partial charge in [-0.2, -0.15) is 0 Å². The molecule has 11 N–H and O–H groups in total. The van der Waals surface area contributed by atoms with Gasteiger partial charge in [0.05, 0.1) is 50.7 Å². The molecule has 4 aliphatic heterocycles. The summed E-state index contributed by atoms with van der Waals surface area (Å²) in [5, 5.41) is 124. The van der Waals surface area contributed by atoms with Gasteiger partial charge in [0.1, 0.15) is 79.4 Å². The van der Waals surface area contributed by atoms with Crippen molar-refractivity contribution >= 4 is 23.9 Å². The van der Waals surface area contributed by atoms with Crippen LogP contribution in [-0.4, -0.2) is 248 Å². The molecule has 4 saturated heterocycles. The van der Waals surface area contributed by atoms with Crippen LogP contribution < -0.4 is 0 Å². The largest absolute Gasteiger partial charge is 0.467 e. The molecule has 30 atom stereocenters. The second-order valence-corrected chi connectivity index (χ2v) is 29.5. The van der Waals surface area contributed by atoms with Crippen molar-refractivity contribution in [1.82, 2.24) is 0 Å². The number of hydrogen-bond acceptors (Lipinski definition) is 27. The molecular formula is C66H102O27. The number of carbonyl (C=O) groups excluding carboxylic acids is 4. The van der Waals surface area contributed by atoms with E-state index in [4.69, 9.17) is 56.8 Å². The predicted molar refractivity (Wildman–Crippen MR) is 321 cm³/mol. The third kappa shape index (κ3) is 12.5. The van der Waals surface area contributed by atoms with Crippen LogP contribution in [0.4, 0.5) is 0 Å². The first-order valence-electron chi connectivity index (χ1n) is 32.7. The molecule has 93 heavy (non-hydrogen) atoms. The lowest BCUT2D eigenvalue weighted by atomic mass is 9.33. The average Bonchev–Trinajstić information content (AvgIpc) is 0.890. The Labute approximate surface area is 542 Å². The normalized spacial score (nSPS) is 47.9. The van der Waals surface area contributed by atoms with Gasteiger partial charge in [0, 0.05) is 18.1 Å². The van der Waals surface area contributed by atoms with Gasteiger partial charge in [-0.15, -0.1) is 0 Å². The maximum atomic E-state index is 13.6. The summed E-state index contributed by atoms with van der Waals surface area (Å²) in [4.78, 5) is 53.7. The predicted octanol–water partition coefficient (Wildman–Crippen LogP) is 0.803. The molecule has 8 fully saturated rings. The van der Waals surface area contributed by atoms with E-state index in [1.54, 1.807) is 33.8 Å². The van der Waals surface area contributed by atoms with Crippen molar-refractivity contribution < 1.29 is 132 Å². The molecular weight excluding hydrogens is 1220 g/mol. The molecule has 9 aliphatic rings. The van der Waals surface area contributed by atoms with Crippen LogP contribution in [0, 0.1) is 50.2 Å². The van der Waals surface area contributed by atoms with Gasteiger partial charge in [0.25, 0.3) is 0 Å². The molecule has 528 valence electrons. The molecule has 0 unspecified atom stereocenters. The molecule has 9 rings (SSSR count). The molecule has 0 radical (unpaired) electrons. The Morgan fingerprint density at radius 2 is 1.15 bits per heavy atom. The summed E-state index contributed by atoms with van der Waals surface area (Å²) >= 11 is 0. The first kappa shape index (κ1) is 73.6. The number of methoxy groups -OCH3 is 1. The Balaban J connectivity index is 1.02. The fraction of sp³-hybridized carbons (Fsp3) is 0.848. The van der Waals surface area contributed by atoms with Gasteiger partial charge in [-0.25, -0.2) is 14.4 Å². The summed E-state index contributed by atoms with van der Waals surface area (Å²) in [5.74, 6) is -4.00. The van der Waals surface area contributed by atoms with Crippen LogP contribution in [0.2, 0.25) is 0 Å². The first-order chi connectivity index (χ1) is 43.5. The highest BCUT2D eigenvalue weighted by atomic mass is 16.8. The Morgan fingerprint density at radius 1 is 0.591 bits per heavy atom. The standard InChI is InChI=1S/C66H102O27/c1-15-28(3)54(79)88-47-30(5)83-59(46(78)49(47)89-55(80)29(4)16-2)93-52-53(84-31(6)70)66(27-69)33(23-61(52,7)8)32-17-18-37-63(11)21-20-39(62(9,10)36(63)19-22-64(37,12)65(32,13)24-38(66)71)87-60-51(92-58-44(76)42(74)40(72)34(25-67)85-58)48(45(77)50(91-60)56(81)82-14)90-57-43(75)41(73)35(26-68)86-57/h15-17,30,33-53,57-60,67-69,71-78H,18-27H2,1-14H3/b28-15-,29-16-/t30-,33-,34+,35-,36-,37+,38+,39-,40-,41+,42-,43+,44+,45-,46+,47-,48-,49-,50-,51+,52-,53-,57-,58-,59-,60+,63-,64+,65+,66-/m0/s1. The summed E-state index contributed by atoms with van der Waals surface area (Å²) in [6.45, 7) is 21.7. The highest BCUT2D eigenvalue weighted by molar-refractivity contribution is 5.88.